The maximum atomic E-state index is 11.5. The van der Waals surface area contributed by atoms with Crippen LogP contribution in [0.25, 0.3) is 0 Å². The SMILES string of the molecule is CCCC(=O)[C@@H]1CCC[C@H]1C(=O)O. The molecular formula is C10H16O3. The molecule has 0 aromatic heterocycles. The third-order valence-electron chi connectivity index (χ3n) is 2.74. The van der Waals surface area contributed by atoms with Crippen molar-refractivity contribution in [1.29, 1.82) is 0 Å². The second-order valence-corrected chi connectivity index (χ2v) is 3.70. The van der Waals surface area contributed by atoms with Gasteiger partial charge >= 0.3 is 5.97 Å². The van der Waals surface area contributed by atoms with Crippen LogP contribution < -0.4 is 0 Å². The van der Waals surface area contributed by atoms with E-state index >= 15 is 0 Å². The molecule has 0 amide bonds. The van der Waals surface area contributed by atoms with Crippen LogP contribution in [0.1, 0.15) is 39.0 Å². The van der Waals surface area contributed by atoms with Crippen LogP contribution in [0.15, 0.2) is 0 Å². The lowest BCUT2D eigenvalue weighted by Crippen LogP contribution is -2.24. The zero-order valence-corrected chi connectivity index (χ0v) is 7.95. The van der Waals surface area contributed by atoms with Gasteiger partial charge in [0.05, 0.1) is 5.92 Å². The van der Waals surface area contributed by atoms with Gasteiger partial charge in [0, 0.05) is 12.3 Å². The number of carboxylic acid groups (broad SMARTS) is 1. The summed E-state index contributed by atoms with van der Waals surface area (Å²) >= 11 is 0. The first kappa shape index (κ1) is 10.2. The Morgan fingerprint density at radius 1 is 1.31 bits per heavy atom. The number of carbonyl (C=O) groups is 2. The van der Waals surface area contributed by atoms with E-state index < -0.39 is 11.9 Å². The fourth-order valence-corrected chi connectivity index (χ4v) is 2.07. The van der Waals surface area contributed by atoms with Crippen molar-refractivity contribution >= 4 is 11.8 Å². The van der Waals surface area contributed by atoms with Crippen LogP contribution >= 0.6 is 0 Å². The van der Waals surface area contributed by atoms with E-state index in [1.54, 1.807) is 0 Å². The van der Waals surface area contributed by atoms with E-state index in [1.165, 1.54) is 0 Å². The molecule has 0 spiro atoms. The third-order valence-corrected chi connectivity index (χ3v) is 2.74. The van der Waals surface area contributed by atoms with Crippen LogP contribution in [0.4, 0.5) is 0 Å². The van der Waals surface area contributed by atoms with Crippen LogP contribution in [0.5, 0.6) is 0 Å². The first-order chi connectivity index (χ1) is 6.16. The third kappa shape index (κ3) is 2.29. The van der Waals surface area contributed by atoms with Crippen LogP contribution in [0, 0.1) is 11.8 Å². The van der Waals surface area contributed by atoms with Crippen molar-refractivity contribution in [1.82, 2.24) is 0 Å². The summed E-state index contributed by atoms with van der Waals surface area (Å²) in [5.74, 6) is -1.25. The summed E-state index contributed by atoms with van der Waals surface area (Å²) < 4.78 is 0. The molecule has 13 heavy (non-hydrogen) atoms. The normalized spacial score (nSPS) is 27.5. The quantitative estimate of drug-likeness (QED) is 0.725. The lowest BCUT2D eigenvalue weighted by atomic mass is 9.90. The first-order valence-corrected chi connectivity index (χ1v) is 4.92. The molecule has 0 unspecified atom stereocenters. The van der Waals surface area contributed by atoms with Crippen LogP contribution in [-0.2, 0) is 9.59 Å². The van der Waals surface area contributed by atoms with Gasteiger partial charge in [-0.05, 0) is 19.3 Å². The molecule has 3 nitrogen and oxygen atoms in total. The monoisotopic (exact) mass is 184 g/mol. The molecule has 0 aromatic carbocycles. The van der Waals surface area contributed by atoms with Crippen molar-refractivity contribution < 1.29 is 14.7 Å². The molecule has 1 rings (SSSR count). The Morgan fingerprint density at radius 2 is 1.92 bits per heavy atom. The van der Waals surface area contributed by atoms with Gasteiger partial charge in [0.2, 0.25) is 0 Å². The van der Waals surface area contributed by atoms with E-state index in [0.717, 1.165) is 19.3 Å². The predicted molar refractivity (Wildman–Crippen MR) is 48.4 cm³/mol. The minimum Gasteiger partial charge on any atom is -0.481 e. The van der Waals surface area contributed by atoms with Crippen molar-refractivity contribution in [3.63, 3.8) is 0 Å². The van der Waals surface area contributed by atoms with E-state index in [0.29, 0.717) is 12.8 Å². The lowest BCUT2D eigenvalue weighted by Gasteiger charge is -2.13. The van der Waals surface area contributed by atoms with E-state index in [9.17, 15) is 9.59 Å². The summed E-state index contributed by atoms with van der Waals surface area (Å²) in [6.45, 7) is 1.95. The van der Waals surface area contributed by atoms with Gasteiger partial charge in [0.15, 0.2) is 0 Å². The standard InChI is InChI=1S/C10H16O3/c1-2-4-9(11)7-5-3-6-8(7)10(12)13/h7-8H,2-6H2,1H3,(H,12,13)/t7-,8-/m1/s1. The second kappa shape index (κ2) is 4.40. The van der Waals surface area contributed by atoms with Crippen LogP contribution in [-0.4, -0.2) is 16.9 Å². The van der Waals surface area contributed by atoms with Crippen LogP contribution in [0.3, 0.4) is 0 Å². The van der Waals surface area contributed by atoms with Gasteiger partial charge < -0.3 is 5.11 Å². The maximum Gasteiger partial charge on any atom is 0.307 e. The van der Waals surface area contributed by atoms with Crippen molar-refractivity contribution in [2.24, 2.45) is 11.8 Å². The summed E-state index contributed by atoms with van der Waals surface area (Å²) in [4.78, 5) is 22.3. The molecule has 1 saturated carbocycles. The maximum absolute atomic E-state index is 11.5. The molecule has 0 aromatic rings. The zero-order chi connectivity index (χ0) is 9.84. The predicted octanol–water partition coefficient (Wildman–Crippen LogP) is 1.86. The van der Waals surface area contributed by atoms with Gasteiger partial charge in [-0.2, -0.15) is 0 Å². The number of rotatable bonds is 4. The number of Topliss-reactive ketones (excluding diaryl/α,β-unsaturated/α-hetero) is 1. The number of aliphatic carboxylic acids is 1. The Bertz CT molecular complexity index is 210. The Hall–Kier alpha value is -0.860. The van der Waals surface area contributed by atoms with Crippen molar-refractivity contribution in [3.8, 4) is 0 Å². The number of carbonyl (C=O) groups excluding carboxylic acids is 1. The van der Waals surface area contributed by atoms with Crippen molar-refractivity contribution in [3.05, 3.63) is 0 Å². The average molecular weight is 184 g/mol. The molecule has 1 aliphatic rings. The zero-order valence-electron chi connectivity index (χ0n) is 7.95. The van der Waals surface area contributed by atoms with Crippen molar-refractivity contribution in [2.75, 3.05) is 0 Å². The molecule has 1 N–H and O–H groups in total. The van der Waals surface area contributed by atoms with Crippen LogP contribution in [0.2, 0.25) is 0 Å². The summed E-state index contributed by atoms with van der Waals surface area (Å²) in [5, 5.41) is 8.85. The largest absolute Gasteiger partial charge is 0.481 e. The Kier molecular flexibility index (Phi) is 3.46. The summed E-state index contributed by atoms with van der Waals surface area (Å²) in [5.41, 5.74) is 0. The van der Waals surface area contributed by atoms with Gasteiger partial charge in [0.1, 0.15) is 5.78 Å². The molecule has 1 fully saturated rings. The molecule has 74 valence electrons. The molecule has 0 heterocycles. The van der Waals surface area contributed by atoms with Gasteiger partial charge in [-0.3, -0.25) is 9.59 Å². The minimum atomic E-state index is -0.799. The number of ketones is 1. The summed E-state index contributed by atoms with van der Waals surface area (Å²) in [6.07, 6.45) is 3.69. The second-order valence-electron chi connectivity index (χ2n) is 3.70. The van der Waals surface area contributed by atoms with Gasteiger partial charge in [-0.15, -0.1) is 0 Å². The van der Waals surface area contributed by atoms with Gasteiger partial charge in [-0.1, -0.05) is 13.3 Å². The number of hydrogen-bond acceptors (Lipinski definition) is 2. The summed E-state index contributed by atoms with van der Waals surface area (Å²) in [6, 6.07) is 0. The fourth-order valence-electron chi connectivity index (χ4n) is 2.07. The lowest BCUT2D eigenvalue weighted by molar-refractivity contribution is -0.145. The average Bonchev–Trinajstić information content (AvgIpc) is 2.52. The highest BCUT2D eigenvalue weighted by atomic mass is 16.4. The molecule has 0 bridgehead atoms. The smallest absolute Gasteiger partial charge is 0.307 e. The molecular weight excluding hydrogens is 168 g/mol. The molecule has 1 aliphatic carbocycles. The molecule has 0 saturated heterocycles. The van der Waals surface area contributed by atoms with E-state index in [2.05, 4.69) is 0 Å². The number of carboxylic acids is 1. The highest BCUT2D eigenvalue weighted by Gasteiger charge is 2.36. The minimum absolute atomic E-state index is 0.146. The molecule has 0 aliphatic heterocycles. The topological polar surface area (TPSA) is 54.4 Å². The van der Waals surface area contributed by atoms with Crippen molar-refractivity contribution in [2.45, 2.75) is 39.0 Å². The molecule has 2 atom stereocenters. The molecule has 3 heteroatoms. The summed E-state index contributed by atoms with van der Waals surface area (Å²) in [7, 11) is 0. The Morgan fingerprint density at radius 3 is 2.46 bits per heavy atom. The van der Waals surface area contributed by atoms with Gasteiger partial charge in [-0.25, -0.2) is 0 Å². The van der Waals surface area contributed by atoms with E-state index in [4.69, 9.17) is 5.11 Å². The fraction of sp³-hybridized carbons (Fsp3) is 0.800. The number of hydrogen-bond donors (Lipinski definition) is 1. The Balaban J connectivity index is 2.57. The molecule has 0 radical (unpaired) electrons. The van der Waals surface area contributed by atoms with E-state index in [-0.39, 0.29) is 11.7 Å². The first-order valence-electron chi connectivity index (χ1n) is 4.92. The van der Waals surface area contributed by atoms with E-state index in [1.807, 2.05) is 6.92 Å². The Labute approximate surface area is 78.1 Å². The highest BCUT2D eigenvalue weighted by molar-refractivity contribution is 5.86. The van der Waals surface area contributed by atoms with Gasteiger partial charge in [0.25, 0.3) is 0 Å². The highest BCUT2D eigenvalue weighted by Crippen LogP contribution is 2.33.